The second-order valence-corrected chi connectivity index (χ2v) is 22.3. The molecule has 0 aliphatic carbocycles. The Bertz CT molecular complexity index is 3730. The van der Waals surface area contributed by atoms with Crippen LogP contribution in [0.15, 0.2) is 67.1 Å². The van der Waals surface area contributed by atoms with E-state index in [1.807, 2.05) is 43.7 Å². The highest BCUT2D eigenvalue weighted by Crippen LogP contribution is 2.42. The number of imidazole rings is 1. The quantitative estimate of drug-likeness (QED) is 0.0783. The van der Waals surface area contributed by atoms with Crippen molar-refractivity contribution in [1.82, 2.24) is 59.5 Å². The number of aromatic nitrogens is 8. The second kappa shape index (κ2) is 22.0. The van der Waals surface area contributed by atoms with E-state index in [9.17, 15) is 22.7 Å². The van der Waals surface area contributed by atoms with Gasteiger partial charge in [-0.05, 0) is 107 Å². The Morgan fingerprint density at radius 2 is 1.63 bits per heavy atom. The number of aryl methyl sites for hydroxylation is 1. The van der Waals surface area contributed by atoms with Gasteiger partial charge in [-0.15, -0.1) is 6.42 Å². The van der Waals surface area contributed by atoms with Gasteiger partial charge < -0.3 is 34.8 Å². The maximum Gasteiger partial charge on any atom is 0.319 e. The van der Waals surface area contributed by atoms with Crippen LogP contribution in [0.3, 0.4) is 0 Å². The SMILES string of the molecule is C#Cc1c(F)ccc2cc(O)cc(-c3ncc4c(N5CC6CCC(C5)N6)nc(OCC56CCCN5CC(F)C6)nc4c3F)c12.CCN1CCN(Cc2ccc(Nc3ncc(F)c(-c4cc(F)c5nc(C)n(C(C)C)c5c4)n3)nc2)CC1. The molecule has 4 unspecified atom stereocenters. The lowest BCUT2D eigenvalue weighted by Crippen LogP contribution is -2.51. The molecule has 4 atom stereocenters. The smallest absolute Gasteiger partial charge is 0.319 e. The number of hydrogen-bond acceptors (Lipinski definition) is 15. The monoisotopic (exact) mass is 1110 g/mol. The third-order valence-electron chi connectivity index (χ3n) is 16.7. The first kappa shape index (κ1) is 54.0. The van der Waals surface area contributed by atoms with Gasteiger partial charge in [0.2, 0.25) is 5.95 Å². The molecule has 21 heteroatoms. The summed E-state index contributed by atoms with van der Waals surface area (Å²) in [6, 6.07) is 13.0. The number of piperazine rings is 2. The first-order valence-electron chi connectivity index (χ1n) is 27.8. The zero-order chi connectivity index (χ0) is 56.3. The van der Waals surface area contributed by atoms with Crippen molar-refractivity contribution in [3.63, 3.8) is 0 Å². The number of terminal acetylenes is 1. The number of aromatic hydroxyl groups is 1. The van der Waals surface area contributed by atoms with Crippen LogP contribution in [0, 0.1) is 42.5 Å². The van der Waals surface area contributed by atoms with E-state index in [1.54, 1.807) is 6.07 Å². The summed E-state index contributed by atoms with van der Waals surface area (Å²) in [5, 5.41) is 18.3. The van der Waals surface area contributed by atoms with Crippen molar-refractivity contribution >= 4 is 50.3 Å². The maximum atomic E-state index is 16.7. The molecule has 13 rings (SSSR count). The molecule has 3 aromatic carbocycles. The molecule has 16 nitrogen and oxygen atoms in total. The van der Waals surface area contributed by atoms with Crippen LogP contribution in [0.25, 0.3) is 55.2 Å². The van der Waals surface area contributed by atoms with Crippen LogP contribution in [0.1, 0.15) is 75.9 Å². The van der Waals surface area contributed by atoms with Crippen molar-refractivity contribution in [2.75, 3.05) is 75.7 Å². The summed E-state index contributed by atoms with van der Waals surface area (Å²) in [5.41, 5.74) is 1.85. The summed E-state index contributed by atoms with van der Waals surface area (Å²) in [4.78, 5) is 40.2. The molecule has 0 spiro atoms. The first-order chi connectivity index (χ1) is 39.1. The highest BCUT2D eigenvalue weighted by Gasteiger charge is 2.49. The van der Waals surface area contributed by atoms with Crippen LogP contribution in [0.4, 0.5) is 39.5 Å². The van der Waals surface area contributed by atoms with Crippen LogP contribution in [0.5, 0.6) is 11.8 Å². The van der Waals surface area contributed by atoms with E-state index in [0.29, 0.717) is 77.5 Å². The molecule has 5 fully saturated rings. The van der Waals surface area contributed by atoms with Gasteiger partial charge in [-0.25, -0.2) is 41.9 Å². The molecule has 420 valence electrons. The van der Waals surface area contributed by atoms with E-state index in [0.717, 1.165) is 83.3 Å². The first-order valence-corrected chi connectivity index (χ1v) is 27.8. The predicted octanol–water partition coefficient (Wildman–Crippen LogP) is 9.64. The Labute approximate surface area is 465 Å². The van der Waals surface area contributed by atoms with Crippen molar-refractivity contribution in [2.45, 2.75) is 96.2 Å². The number of anilines is 3. The molecular weight excluding hydrogens is 1040 g/mol. The van der Waals surface area contributed by atoms with Gasteiger partial charge in [0.05, 0.1) is 28.2 Å². The van der Waals surface area contributed by atoms with Crippen molar-refractivity contribution in [2.24, 2.45) is 0 Å². The fraction of sp³-hybridized carbons (Fsp3) is 0.417. The van der Waals surface area contributed by atoms with E-state index >= 15 is 4.39 Å². The highest BCUT2D eigenvalue weighted by atomic mass is 19.1. The Hall–Kier alpha value is -7.64. The Balaban J connectivity index is 0.000000163. The van der Waals surface area contributed by atoms with E-state index in [-0.39, 0.29) is 69.3 Å². The van der Waals surface area contributed by atoms with Crippen LogP contribution in [0.2, 0.25) is 0 Å². The van der Waals surface area contributed by atoms with Gasteiger partial charge in [-0.3, -0.25) is 14.8 Å². The number of phenols is 1. The number of halogens is 5. The van der Waals surface area contributed by atoms with E-state index in [1.165, 1.54) is 36.5 Å². The second-order valence-electron chi connectivity index (χ2n) is 22.3. The molecule has 8 aromatic rings. The zero-order valence-electron chi connectivity index (χ0n) is 45.7. The molecule has 0 radical (unpaired) electrons. The number of hydrogen-bond donors (Lipinski definition) is 3. The normalized spacial score (nSPS) is 21.2. The summed E-state index contributed by atoms with van der Waals surface area (Å²) in [7, 11) is 0. The van der Waals surface area contributed by atoms with E-state index in [4.69, 9.17) is 16.1 Å². The van der Waals surface area contributed by atoms with E-state index < -0.39 is 35.0 Å². The zero-order valence-corrected chi connectivity index (χ0v) is 45.7. The van der Waals surface area contributed by atoms with Gasteiger partial charge >= 0.3 is 6.01 Å². The number of nitrogens with one attached hydrogen (secondary N) is 2. The minimum Gasteiger partial charge on any atom is -0.508 e. The van der Waals surface area contributed by atoms with Gasteiger partial charge in [0.1, 0.15) is 64.2 Å². The fourth-order valence-electron chi connectivity index (χ4n) is 12.8. The van der Waals surface area contributed by atoms with Gasteiger partial charge in [-0.1, -0.05) is 25.0 Å². The van der Waals surface area contributed by atoms with Crippen LogP contribution in [-0.2, 0) is 6.54 Å². The average molecular weight is 1110 g/mol. The molecule has 0 saturated carbocycles. The van der Waals surface area contributed by atoms with Gasteiger partial charge in [0, 0.05) is 106 Å². The summed E-state index contributed by atoms with van der Waals surface area (Å²) < 4.78 is 83.8. The number of nitrogens with zero attached hydrogens (tertiary/aromatic N) is 12. The third-order valence-corrected chi connectivity index (χ3v) is 16.7. The molecule has 5 aliphatic rings. The minimum absolute atomic E-state index is 0.00778. The summed E-state index contributed by atoms with van der Waals surface area (Å²) >= 11 is 0. The Morgan fingerprint density at radius 3 is 2.37 bits per heavy atom. The van der Waals surface area contributed by atoms with Crippen LogP contribution < -0.4 is 20.3 Å². The number of likely N-dealkylation sites (N-methyl/N-ethyl adjacent to an activating group) is 1. The van der Waals surface area contributed by atoms with Crippen LogP contribution >= 0.6 is 0 Å². The number of phenolic OH excluding ortho intramolecular Hbond substituents is 1. The van der Waals surface area contributed by atoms with Gasteiger partial charge in [0.25, 0.3) is 0 Å². The standard InChI is InChI=1S/C33H31F3N6O2.C27H32F2N8/c1-2-23-26(35)7-4-18-10-22(43)11-24(27(18)23)29-28(36)30-25(13-37-29)31(41-15-20-5-6-21(16-41)38-20)40-32(39-30)44-17-33-8-3-9-42(33)14-19(34)12-33;1-5-35-8-10-36(11-9-35)16-19-6-7-24(30-14-19)33-27-31-15-22(29)25(34-27)20-12-21(28)26-23(13-20)37(17(2)3)18(4)32-26/h1,4,7,10-11,13,19-21,38,43H,3,5-6,8-9,12,14-17H2;6-7,12-15,17H,5,8-11,16H2,1-4H3,(H,30,31,33,34). The van der Waals surface area contributed by atoms with Crippen LogP contribution in [-0.4, -0.2) is 149 Å². The molecule has 3 N–H and O–H groups in total. The van der Waals surface area contributed by atoms with E-state index in [2.05, 4.69) is 73.0 Å². The maximum absolute atomic E-state index is 16.7. The summed E-state index contributed by atoms with van der Waals surface area (Å²) in [6.45, 7) is 17.0. The number of rotatable bonds is 12. The Kier molecular flexibility index (Phi) is 14.7. The molecule has 2 bridgehead atoms. The Morgan fingerprint density at radius 1 is 0.840 bits per heavy atom. The molecule has 10 heterocycles. The number of alkyl halides is 1. The van der Waals surface area contributed by atoms with Gasteiger partial charge in [0.15, 0.2) is 17.5 Å². The van der Waals surface area contributed by atoms with Crippen molar-refractivity contribution < 1.29 is 31.8 Å². The highest BCUT2D eigenvalue weighted by molar-refractivity contribution is 6.03. The largest absolute Gasteiger partial charge is 0.508 e. The fourth-order valence-corrected chi connectivity index (χ4v) is 12.8. The van der Waals surface area contributed by atoms with Crippen molar-refractivity contribution in [1.29, 1.82) is 0 Å². The molecule has 0 amide bonds. The van der Waals surface area contributed by atoms with Gasteiger partial charge in [-0.2, -0.15) is 9.97 Å². The third kappa shape index (κ3) is 10.5. The van der Waals surface area contributed by atoms with Crippen molar-refractivity contribution in [3.05, 3.63) is 107 Å². The summed E-state index contributed by atoms with van der Waals surface area (Å²) in [5.74, 6) is 1.62. The molecule has 5 aromatic heterocycles. The van der Waals surface area contributed by atoms with Crippen molar-refractivity contribution in [3.8, 4) is 46.6 Å². The number of pyridine rings is 2. The molecule has 5 saturated heterocycles. The lowest BCUT2D eigenvalue weighted by Gasteiger charge is -2.34. The molecular formula is C60H63F5N14O2. The average Bonchev–Trinajstić information content (AvgIpc) is 4.33. The molecule has 81 heavy (non-hydrogen) atoms. The molecule has 5 aliphatic heterocycles. The summed E-state index contributed by atoms with van der Waals surface area (Å²) in [6.07, 6.45) is 13.4. The lowest BCUT2D eigenvalue weighted by atomic mass is 9.95. The minimum atomic E-state index is -0.913. The number of benzene rings is 3. The number of fused-ring (bicyclic) bond motifs is 6. The topological polar surface area (TPSA) is 162 Å². The number of ether oxygens (including phenoxy) is 1. The lowest BCUT2D eigenvalue weighted by molar-refractivity contribution is 0.107. The predicted molar refractivity (Wildman–Crippen MR) is 301 cm³/mol.